The molecule has 12 heteroatoms. The van der Waals surface area contributed by atoms with Crippen LogP contribution in [-0.2, 0) is 14.8 Å². The van der Waals surface area contributed by atoms with Crippen LogP contribution < -0.4 is 16.2 Å². The molecular formula is C21H25N5O6S. The lowest BCUT2D eigenvalue weighted by Crippen LogP contribution is -2.55. The fourth-order valence-electron chi connectivity index (χ4n) is 4.42. The molecule has 0 radical (unpaired) electrons. The summed E-state index contributed by atoms with van der Waals surface area (Å²) in [6, 6.07) is 4.90. The van der Waals surface area contributed by atoms with Crippen molar-refractivity contribution in [1.29, 1.82) is 0 Å². The fourth-order valence-corrected chi connectivity index (χ4v) is 5.91. The highest BCUT2D eigenvalue weighted by Gasteiger charge is 2.48. The van der Waals surface area contributed by atoms with Crippen LogP contribution in [0.5, 0.6) is 0 Å². The average Bonchev–Trinajstić information content (AvgIpc) is 3.05. The number of nitrogens with one attached hydrogen (secondary N) is 3. The zero-order valence-corrected chi connectivity index (χ0v) is 19.1. The van der Waals surface area contributed by atoms with Crippen molar-refractivity contribution in [3.8, 4) is 0 Å². The summed E-state index contributed by atoms with van der Waals surface area (Å²) in [5.41, 5.74) is -1.09. The van der Waals surface area contributed by atoms with Crippen LogP contribution in [-0.4, -0.2) is 72.2 Å². The van der Waals surface area contributed by atoms with E-state index in [-0.39, 0.29) is 36.4 Å². The monoisotopic (exact) mass is 475 g/mol. The molecule has 33 heavy (non-hydrogen) atoms. The van der Waals surface area contributed by atoms with Gasteiger partial charge in [-0.15, -0.1) is 0 Å². The maximum Gasteiger partial charge on any atom is 0.322 e. The number of nitrogens with zero attached hydrogens (tertiary/aromatic N) is 2. The highest BCUT2D eigenvalue weighted by atomic mass is 32.2. The van der Waals surface area contributed by atoms with E-state index in [9.17, 15) is 27.6 Å². The molecule has 0 atom stereocenters. The highest BCUT2D eigenvalue weighted by molar-refractivity contribution is 7.89. The first-order valence-electron chi connectivity index (χ1n) is 10.7. The van der Waals surface area contributed by atoms with E-state index < -0.39 is 39.0 Å². The van der Waals surface area contributed by atoms with Crippen molar-refractivity contribution < 1.29 is 22.8 Å². The van der Waals surface area contributed by atoms with Crippen molar-refractivity contribution in [3.05, 3.63) is 40.2 Å². The number of hydrogen-bond acceptors (Lipinski definition) is 6. The summed E-state index contributed by atoms with van der Waals surface area (Å²) in [4.78, 5) is 53.4. The van der Waals surface area contributed by atoms with E-state index in [1.165, 1.54) is 27.4 Å². The number of amides is 4. The van der Waals surface area contributed by atoms with Crippen LogP contribution in [0.1, 0.15) is 37.0 Å². The Morgan fingerprint density at radius 2 is 1.76 bits per heavy atom. The van der Waals surface area contributed by atoms with Gasteiger partial charge in [0.1, 0.15) is 5.54 Å². The molecule has 3 N–H and O–H groups in total. The van der Waals surface area contributed by atoms with E-state index in [0.29, 0.717) is 24.0 Å². The van der Waals surface area contributed by atoms with Gasteiger partial charge < -0.3 is 15.2 Å². The Balaban J connectivity index is 1.69. The van der Waals surface area contributed by atoms with E-state index in [4.69, 9.17) is 0 Å². The molecule has 4 rings (SSSR count). The molecular weight excluding hydrogens is 450 g/mol. The zero-order valence-electron chi connectivity index (χ0n) is 18.3. The van der Waals surface area contributed by atoms with E-state index in [2.05, 4.69) is 15.6 Å². The molecule has 0 aliphatic carbocycles. The van der Waals surface area contributed by atoms with Crippen molar-refractivity contribution in [2.24, 2.45) is 0 Å². The number of aromatic amines is 1. The molecule has 2 aliphatic heterocycles. The fraction of sp³-hybridized carbons (Fsp3) is 0.429. The molecule has 11 nitrogen and oxygen atoms in total. The van der Waals surface area contributed by atoms with Gasteiger partial charge in [-0.25, -0.2) is 13.2 Å². The summed E-state index contributed by atoms with van der Waals surface area (Å²) in [7, 11) is -3.76. The van der Waals surface area contributed by atoms with E-state index in [0.717, 1.165) is 6.07 Å². The summed E-state index contributed by atoms with van der Waals surface area (Å²) in [5.74, 6) is -0.851. The molecule has 1 spiro atoms. The lowest BCUT2D eigenvalue weighted by Gasteiger charge is -2.37. The summed E-state index contributed by atoms with van der Waals surface area (Å²) in [6.45, 7) is 4.47. The number of imide groups is 1. The first-order chi connectivity index (χ1) is 15.6. The standard InChI is InChI=1S/C21H25N5O6S/c1-3-26(4-2)33(31,32)13-5-6-16-14(11-13)15(12-17(27)22-16)18(28)25-9-7-21(8-10-25)19(29)23-20(30)24-21/h5-6,11-12H,3-4,7-10H2,1-2H3,(H,22,27)(H2,23,24,29,30). The van der Waals surface area contributed by atoms with E-state index >= 15 is 0 Å². The number of fused-ring (bicyclic) bond motifs is 1. The zero-order chi connectivity index (χ0) is 24.0. The third kappa shape index (κ3) is 3.89. The number of likely N-dealkylation sites (tertiary alicyclic amines) is 1. The number of piperidine rings is 1. The largest absolute Gasteiger partial charge is 0.338 e. The molecule has 4 amide bonds. The molecule has 176 valence electrons. The van der Waals surface area contributed by atoms with Crippen LogP contribution in [0.25, 0.3) is 10.9 Å². The van der Waals surface area contributed by atoms with Gasteiger partial charge in [0.05, 0.1) is 10.5 Å². The van der Waals surface area contributed by atoms with Crippen LogP contribution in [0.4, 0.5) is 4.79 Å². The number of aromatic nitrogens is 1. The Morgan fingerprint density at radius 1 is 1.09 bits per heavy atom. The van der Waals surface area contributed by atoms with Gasteiger partial charge in [-0.05, 0) is 31.0 Å². The first kappa shape index (κ1) is 22.9. The third-order valence-corrected chi connectivity index (χ3v) is 8.35. The van der Waals surface area contributed by atoms with Gasteiger partial charge in [-0.2, -0.15) is 4.31 Å². The second kappa shape index (κ2) is 8.27. The lowest BCUT2D eigenvalue weighted by atomic mass is 9.87. The van der Waals surface area contributed by atoms with E-state index in [1.54, 1.807) is 13.8 Å². The molecule has 2 aromatic rings. The second-order valence-corrected chi connectivity index (χ2v) is 10.1. The van der Waals surface area contributed by atoms with Crippen molar-refractivity contribution in [3.63, 3.8) is 0 Å². The van der Waals surface area contributed by atoms with Gasteiger partial charge in [0.15, 0.2) is 0 Å². The van der Waals surface area contributed by atoms with E-state index in [1.807, 2.05) is 0 Å². The molecule has 2 aliphatic rings. The predicted molar refractivity (Wildman–Crippen MR) is 119 cm³/mol. The van der Waals surface area contributed by atoms with Gasteiger partial charge in [-0.3, -0.25) is 19.7 Å². The quantitative estimate of drug-likeness (QED) is 0.532. The number of rotatable bonds is 5. The number of H-pyrrole nitrogens is 1. The van der Waals surface area contributed by atoms with Gasteiger partial charge in [0.2, 0.25) is 15.6 Å². The SMILES string of the molecule is CCN(CC)S(=O)(=O)c1ccc2[nH]c(=O)cc(C(=O)N3CCC4(CC3)NC(=O)NC4=O)c2c1. The Kier molecular flexibility index (Phi) is 5.74. The molecule has 3 heterocycles. The maximum atomic E-state index is 13.3. The third-order valence-electron chi connectivity index (χ3n) is 6.31. The van der Waals surface area contributed by atoms with Crippen molar-refractivity contribution in [2.45, 2.75) is 37.1 Å². The number of benzene rings is 1. The Morgan fingerprint density at radius 3 is 2.33 bits per heavy atom. The molecule has 0 saturated carbocycles. The maximum absolute atomic E-state index is 13.3. The van der Waals surface area contributed by atoms with Gasteiger partial charge >= 0.3 is 6.03 Å². The number of sulfonamides is 1. The van der Waals surface area contributed by atoms with Crippen molar-refractivity contribution in [1.82, 2.24) is 24.8 Å². The minimum atomic E-state index is -3.76. The number of carbonyl (C=O) groups is 3. The van der Waals surface area contributed by atoms with Gasteiger partial charge in [-0.1, -0.05) is 13.8 Å². The summed E-state index contributed by atoms with van der Waals surface area (Å²) < 4.78 is 27.3. The topological polar surface area (TPSA) is 149 Å². The Bertz CT molecular complexity index is 1310. The lowest BCUT2D eigenvalue weighted by molar-refractivity contribution is -0.125. The van der Waals surface area contributed by atoms with Crippen LogP contribution in [0, 0.1) is 0 Å². The van der Waals surface area contributed by atoms with Gasteiger partial charge in [0, 0.05) is 43.1 Å². The average molecular weight is 476 g/mol. The molecule has 2 fully saturated rings. The number of carbonyl (C=O) groups excluding carboxylic acids is 3. The highest BCUT2D eigenvalue weighted by Crippen LogP contribution is 2.28. The van der Waals surface area contributed by atoms with Crippen LogP contribution >= 0.6 is 0 Å². The Hall–Kier alpha value is -3.25. The molecule has 0 unspecified atom stereocenters. The first-order valence-corrected chi connectivity index (χ1v) is 12.2. The summed E-state index contributed by atoms with van der Waals surface area (Å²) in [6.07, 6.45) is 0.470. The molecule has 1 aromatic carbocycles. The minimum absolute atomic E-state index is 0.0303. The second-order valence-electron chi connectivity index (χ2n) is 8.13. The van der Waals surface area contributed by atoms with Crippen LogP contribution in [0.15, 0.2) is 34.0 Å². The number of hydrogen-bond donors (Lipinski definition) is 3. The minimum Gasteiger partial charge on any atom is -0.338 e. The normalized spacial score (nSPS) is 18.1. The summed E-state index contributed by atoms with van der Waals surface area (Å²) in [5, 5.41) is 5.18. The molecule has 2 saturated heterocycles. The van der Waals surface area contributed by atoms with Crippen molar-refractivity contribution >= 4 is 38.8 Å². The van der Waals surface area contributed by atoms with Gasteiger partial charge in [0.25, 0.3) is 11.8 Å². The van der Waals surface area contributed by atoms with Crippen LogP contribution in [0.2, 0.25) is 0 Å². The summed E-state index contributed by atoms with van der Waals surface area (Å²) >= 11 is 0. The number of urea groups is 1. The predicted octanol–water partition coefficient (Wildman–Crippen LogP) is 0.373. The molecule has 0 bridgehead atoms. The smallest absolute Gasteiger partial charge is 0.322 e. The number of pyridine rings is 1. The Labute approximate surface area is 190 Å². The van der Waals surface area contributed by atoms with Crippen molar-refractivity contribution in [2.75, 3.05) is 26.2 Å². The molecule has 1 aromatic heterocycles. The van der Waals surface area contributed by atoms with Crippen LogP contribution in [0.3, 0.4) is 0 Å².